The number of aromatic nitrogens is 4. The Morgan fingerprint density at radius 3 is 2.74 bits per heavy atom. The molecule has 4 rings (SSSR count). The van der Waals surface area contributed by atoms with E-state index in [1.807, 2.05) is 0 Å². The van der Waals surface area contributed by atoms with Gasteiger partial charge < -0.3 is 9.47 Å². The maximum atomic E-state index is 13.4. The summed E-state index contributed by atoms with van der Waals surface area (Å²) in [6, 6.07) is 5.29. The molecule has 0 spiro atoms. The predicted molar refractivity (Wildman–Crippen MR) is 107 cm³/mol. The van der Waals surface area contributed by atoms with Crippen LogP contribution in [0.4, 0.5) is 18.9 Å². The molecule has 3 heterocycles. The summed E-state index contributed by atoms with van der Waals surface area (Å²) in [5.74, 6) is -0.250. The molecule has 162 valence electrons. The minimum atomic E-state index is -4.51. The second kappa shape index (κ2) is 7.84. The van der Waals surface area contributed by atoms with E-state index in [9.17, 15) is 22.8 Å². The average Bonchev–Trinajstić information content (AvgIpc) is 3.07. The molecule has 1 N–H and O–H groups in total. The number of aromatic amines is 1. The van der Waals surface area contributed by atoms with Crippen LogP contribution in [-0.2, 0) is 25.7 Å². The van der Waals surface area contributed by atoms with Crippen molar-refractivity contribution in [2.45, 2.75) is 32.6 Å². The predicted octanol–water partition coefficient (Wildman–Crippen LogP) is 3.45. The summed E-state index contributed by atoms with van der Waals surface area (Å²) in [4.78, 5) is 30.2. The Morgan fingerprint density at radius 2 is 2.03 bits per heavy atom. The Kier molecular flexibility index (Phi) is 5.34. The first-order chi connectivity index (χ1) is 14.7. The highest BCUT2D eigenvalue weighted by Crippen LogP contribution is 2.33. The SMILES string of the molecule is CC(=O)c1nc2c(n1Cc1ccccc1C(F)(F)F)CCN(c1cn[nH]c(=O)c1Cl)C2. The molecule has 2 aromatic heterocycles. The fraction of sp³-hybridized carbons (Fsp3) is 0.300. The number of alkyl halides is 3. The van der Waals surface area contributed by atoms with Crippen molar-refractivity contribution in [1.82, 2.24) is 19.7 Å². The van der Waals surface area contributed by atoms with Crippen molar-refractivity contribution >= 4 is 23.1 Å². The lowest BCUT2D eigenvalue weighted by atomic mass is 10.1. The van der Waals surface area contributed by atoms with Crippen LogP contribution in [0.15, 0.2) is 35.3 Å². The second-order valence-corrected chi connectivity index (χ2v) is 7.57. The van der Waals surface area contributed by atoms with Gasteiger partial charge in [-0.2, -0.15) is 18.3 Å². The van der Waals surface area contributed by atoms with Crippen LogP contribution in [0.2, 0.25) is 5.02 Å². The van der Waals surface area contributed by atoms with E-state index < -0.39 is 17.3 Å². The van der Waals surface area contributed by atoms with Crippen LogP contribution in [0.25, 0.3) is 0 Å². The van der Waals surface area contributed by atoms with Gasteiger partial charge in [-0.1, -0.05) is 29.8 Å². The monoisotopic (exact) mass is 451 g/mol. The first kappa shape index (κ1) is 21.1. The molecule has 0 saturated heterocycles. The third-order valence-corrected chi connectivity index (χ3v) is 5.56. The molecule has 1 aromatic carbocycles. The lowest BCUT2D eigenvalue weighted by Gasteiger charge is -2.29. The normalized spacial score (nSPS) is 13.9. The van der Waals surface area contributed by atoms with E-state index in [0.29, 0.717) is 30.0 Å². The van der Waals surface area contributed by atoms with Crippen LogP contribution < -0.4 is 10.5 Å². The topological polar surface area (TPSA) is 83.9 Å². The molecule has 0 radical (unpaired) electrons. The largest absolute Gasteiger partial charge is 0.416 e. The number of hydrogen-bond donors (Lipinski definition) is 1. The minimum absolute atomic E-state index is 0.0104. The summed E-state index contributed by atoms with van der Waals surface area (Å²) in [5, 5.41) is 6.01. The number of Topliss-reactive ketones (excluding diaryl/α,β-unsaturated/α-hetero) is 1. The highest BCUT2D eigenvalue weighted by molar-refractivity contribution is 6.33. The average molecular weight is 452 g/mol. The zero-order valence-corrected chi connectivity index (χ0v) is 17.1. The number of H-pyrrole nitrogens is 1. The molecule has 31 heavy (non-hydrogen) atoms. The zero-order chi connectivity index (χ0) is 22.3. The van der Waals surface area contributed by atoms with Gasteiger partial charge in [0.05, 0.1) is 36.2 Å². The fourth-order valence-corrected chi connectivity index (χ4v) is 4.00. The third-order valence-electron chi connectivity index (χ3n) is 5.20. The quantitative estimate of drug-likeness (QED) is 0.614. The lowest BCUT2D eigenvalue weighted by molar-refractivity contribution is -0.138. The molecule has 1 aliphatic rings. The second-order valence-electron chi connectivity index (χ2n) is 7.20. The number of rotatable bonds is 4. The molecule has 7 nitrogen and oxygen atoms in total. The number of imidazole rings is 1. The maximum absolute atomic E-state index is 13.4. The Bertz CT molecular complexity index is 1220. The summed E-state index contributed by atoms with van der Waals surface area (Å²) in [7, 11) is 0. The van der Waals surface area contributed by atoms with Crippen LogP contribution in [0.3, 0.4) is 0 Å². The molecule has 0 atom stereocenters. The number of anilines is 1. The van der Waals surface area contributed by atoms with E-state index in [0.717, 1.165) is 6.07 Å². The van der Waals surface area contributed by atoms with Crippen LogP contribution in [0, 0.1) is 0 Å². The van der Waals surface area contributed by atoms with E-state index >= 15 is 0 Å². The summed E-state index contributed by atoms with van der Waals surface area (Å²) in [6.07, 6.45) is -2.67. The maximum Gasteiger partial charge on any atom is 0.416 e. The van der Waals surface area contributed by atoms with Crippen molar-refractivity contribution in [3.05, 3.63) is 74.2 Å². The standard InChI is InChI=1S/C20H17ClF3N5O2/c1-11(30)18-26-14-10-28(16-8-25-27-19(31)17(16)21)7-6-15(14)29(18)9-12-4-2-3-5-13(12)20(22,23)24/h2-5,8H,6-7,9-10H2,1H3,(H,27,31). The fourth-order valence-electron chi connectivity index (χ4n) is 3.79. The van der Waals surface area contributed by atoms with Crippen LogP contribution in [0.5, 0.6) is 0 Å². The highest BCUT2D eigenvalue weighted by atomic mass is 35.5. The number of benzene rings is 1. The van der Waals surface area contributed by atoms with Gasteiger partial charge in [0.15, 0.2) is 11.6 Å². The third kappa shape index (κ3) is 3.95. The van der Waals surface area contributed by atoms with E-state index in [1.54, 1.807) is 9.47 Å². The van der Waals surface area contributed by atoms with Gasteiger partial charge in [-0.25, -0.2) is 10.1 Å². The summed E-state index contributed by atoms with van der Waals surface area (Å²) < 4.78 is 41.9. The van der Waals surface area contributed by atoms with Crippen LogP contribution >= 0.6 is 11.6 Å². The molecule has 11 heteroatoms. The number of ketones is 1. The van der Waals surface area contributed by atoms with Crippen molar-refractivity contribution in [2.75, 3.05) is 11.4 Å². The highest BCUT2D eigenvalue weighted by Gasteiger charge is 2.34. The van der Waals surface area contributed by atoms with E-state index in [1.165, 1.54) is 31.3 Å². The molecular formula is C20H17ClF3N5O2. The van der Waals surface area contributed by atoms with Gasteiger partial charge in [0.25, 0.3) is 5.56 Å². The molecule has 0 aliphatic carbocycles. The number of carbonyl (C=O) groups is 1. The number of hydrogen-bond acceptors (Lipinski definition) is 5. The van der Waals surface area contributed by atoms with Gasteiger partial charge >= 0.3 is 6.18 Å². The van der Waals surface area contributed by atoms with E-state index in [-0.39, 0.29) is 35.3 Å². The van der Waals surface area contributed by atoms with Crippen molar-refractivity contribution in [2.24, 2.45) is 0 Å². The number of nitrogens with zero attached hydrogens (tertiary/aromatic N) is 4. The summed E-state index contributed by atoms with van der Waals surface area (Å²) in [5.41, 5.74) is 0.457. The smallest absolute Gasteiger partial charge is 0.362 e. The Labute approximate surface area is 179 Å². The molecule has 3 aromatic rings. The van der Waals surface area contributed by atoms with Gasteiger partial charge in [0.2, 0.25) is 0 Å². The van der Waals surface area contributed by atoms with Gasteiger partial charge in [-0.05, 0) is 11.6 Å². The van der Waals surface area contributed by atoms with E-state index in [2.05, 4.69) is 15.2 Å². The zero-order valence-electron chi connectivity index (χ0n) is 16.3. The number of carbonyl (C=O) groups excluding carboxylic acids is 1. The molecule has 0 fully saturated rings. The van der Waals surface area contributed by atoms with E-state index in [4.69, 9.17) is 11.6 Å². The summed E-state index contributed by atoms with van der Waals surface area (Å²) in [6.45, 7) is 1.88. The van der Waals surface area contributed by atoms with Crippen molar-refractivity contribution in [3.8, 4) is 0 Å². The molecule has 0 saturated carbocycles. The number of fused-ring (bicyclic) bond motifs is 1. The van der Waals surface area contributed by atoms with Gasteiger partial charge in [-0.3, -0.25) is 9.59 Å². The first-order valence-corrected chi connectivity index (χ1v) is 9.77. The van der Waals surface area contributed by atoms with Crippen molar-refractivity contribution < 1.29 is 18.0 Å². The Balaban J connectivity index is 1.73. The van der Waals surface area contributed by atoms with Crippen molar-refractivity contribution in [1.29, 1.82) is 0 Å². The Hall–Kier alpha value is -3.14. The minimum Gasteiger partial charge on any atom is -0.362 e. The molecule has 1 aliphatic heterocycles. The number of nitrogens with one attached hydrogen (secondary N) is 1. The molecule has 0 bridgehead atoms. The van der Waals surface area contributed by atoms with Gasteiger partial charge in [0, 0.05) is 25.6 Å². The van der Waals surface area contributed by atoms with Crippen LogP contribution in [-0.4, -0.2) is 32.1 Å². The first-order valence-electron chi connectivity index (χ1n) is 9.39. The Morgan fingerprint density at radius 1 is 1.29 bits per heavy atom. The van der Waals surface area contributed by atoms with Crippen molar-refractivity contribution in [3.63, 3.8) is 0 Å². The molecule has 0 unspecified atom stereocenters. The molecule has 0 amide bonds. The van der Waals surface area contributed by atoms with Gasteiger partial charge in [0.1, 0.15) is 5.02 Å². The number of halogens is 4. The molecular weight excluding hydrogens is 435 g/mol. The summed E-state index contributed by atoms with van der Waals surface area (Å²) >= 11 is 6.10. The van der Waals surface area contributed by atoms with Gasteiger partial charge in [-0.15, -0.1) is 0 Å². The lowest BCUT2D eigenvalue weighted by Crippen LogP contribution is -2.33. The van der Waals surface area contributed by atoms with Crippen LogP contribution in [0.1, 0.15) is 40.1 Å².